The zero-order valence-corrected chi connectivity index (χ0v) is 10.0. The molecule has 0 aliphatic carbocycles. The van der Waals surface area contributed by atoms with Crippen LogP contribution in [-0.2, 0) is 0 Å². The van der Waals surface area contributed by atoms with E-state index in [1.165, 1.54) is 0 Å². The average Bonchev–Trinajstić information content (AvgIpc) is 2.90. The molecule has 0 fully saturated rings. The van der Waals surface area contributed by atoms with Crippen molar-refractivity contribution in [3.05, 3.63) is 55.0 Å². The van der Waals surface area contributed by atoms with Gasteiger partial charge in [0.1, 0.15) is 5.65 Å². The Labute approximate surface area is 109 Å². The molecular formula is C15H10N4. The van der Waals surface area contributed by atoms with E-state index in [1.54, 1.807) is 12.4 Å². The molecule has 0 aliphatic heterocycles. The maximum absolute atomic E-state index is 4.32. The van der Waals surface area contributed by atoms with Gasteiger partial charge in [0.25, 0.3) is 0 Å². The van der Waals surface area contributed by atoms with E-state index in [2.05, 4.69) is 32.3 Å². The third kappa shape index (κ3) is 1.50. The van der Waals surface area contributed by atoms with Gasteiger partial charge in [0.2, 0.25) is 0 Å². The van der Waals surface area contributed by atoms with Gasteiger partial charge in [0, 0.05) is 34.3 Å². The third-order valence-electron chi connectivity index (χ3n) is 3.29. The highest BCUT2D eigenvalue weighted by atomic mass is 15.1. The SMILES string of the molecule is c1ccc2c(-c3c[nH]c4ncccc34)cnnc2c1. The molecule has 1 N–H and O–H groups in total. The minimum atomic E-state index is 0.887. The first-order valence-electron chi connectivity index (χ1n) is 6.06. The molecule has 0 aliphatic rings. The molecule has 0 saturated heterocycles. The van der Waals surface area contributed by atoms with E-state index in [-0.39, 0.29) is 0 Å². The second kappa shape index (κ2) is 3.88. The van der Waals surface area contributed by atoms with Crippen molar-refractivity contribution < 1.29 is 0 Å². The summed E-state index contributed by atoms with van der Waals surface area (Å²) in [4.78, 5) is 7.51. The highest BCUT2D eigenvalue weighted by Crippen LogP contribution is 2.31. The van der Waals surface area contributed by atoms with E-state index in [1.807, 2.05) is 30.5 Å². The monoisotopic (exact) mass is 246 g/mol. The number of hydrogen-bond acceptors (Lipinski definition) is 3. The van der Waals surface area contributed by atoms with Gasteiger partial charge in [-0.1, -0.05) is 18.2 Å². The Kier molecular flexibility index (Phi) is 2.08. The van der Waals surface area contributed by atoms with E-state index in [0.29, 0.717) is 0 Å². The second-order valence-corrected chi connectivity index (χ2v) is 4.38. The lowest BCUT2D eigenvalue weighted by atomic mass is 10.0. The summed E-state index contributed by atoms with van der Waals surface area (Å²) in [5, 5.41) is 10.4. The first-order chi connectivity index (χ1) is 9.43. The van der Waals surface area contributed by atoms with Gasteiger partial charge in [0.05, 0.1) is 11.7 Å². The summed E-state index contributed by atoms with van der Waals surface area (Å²) in [5.41, 5.74) is 3.97. The molecule has 0 atom stereocenters. The van der Waals surface area contributed by atoms with Crippen LogP contribution in [0.3, 0.4) is 0 Å². The molecule has 1 aromatic carbocycles. The van der Waals surface area contributed by atoms with Gasteiger partial charge in [-0.2, -0.15) is 10.2 Å². The van der Waals surface area contributed by atoms with Crippen molar-refractivity contribution in [3.8, 4) is 11.1 Å². The molecule has 0 unspecified atom stereocenters. The Hall–Kier alpha value is -2.75. The molecule has 0 spiro atoms. The number of H-pyrrole nitrogens is 1. The fraction of sp³-hybridized carbons (Fsp3) is 0. The van der Waals surface area contributed by atoms with Crippen molar-refractivity contribution in [1.82, 2.24) is 20.2 Å². The van der Waals surface area contributed by atoms with Gasteiger partial charge >= 0.3 is 0 Å². The molecule has 4 rings (SSSR count). The highest BCUT2D eigenvalue weighted by Gasteiger charge is 2.10. The van der Waals surface area contributed by atoms with Gasteiger partial charge in [-0.3, -0.25) is 0 Å². The number of hydrogen-bond donors (Lipinski definition) is 1. The predicted octanol–water partition coefficient (Wildman–Crippen LogP) is 3.17. The summed E-state index contributed by atoms with van der Waals surface area (Å²) in [7, 11) is 0. The second-order valence-electron chi connectivity index (χ2n) is 4.38. The summed E-state index contributed by atoms with van der Waals surface area (Å²) >= 11 is 0. The maximum atomic E-state index is 4.32. The molecule has 90 valence electrons. The Bertz CT molecular complexity index is 874. The number of nitrogens with zero attached hydrogens (tertiary/aromatic N) is 3. The largest absolute Gasteiger partial charge is 0.346 e. The van der Waals surface area contributed by atoms with E-state index < -0.39 is 0 Å². The van der Waals surface area contributed by atoms with E-state index in [4.69, 9.17) is 0 Å². The van der Waals surface area contributed by atoms with Crippen LogP contribution in [0, 0.1) is 0 Å². The summed E-state index contributed by atoms with van der Waals surface area (Å²) in [6.07, 6.45) is 5.56. The van der Waals surface area contributed by atoms with Gasteiger partial charge in [-0.05, 0) is 18.2 Å². The zero-order chi connectivity index (χ0) is 12.7. The Morgan fingerprint density at radius 1 is 0.895 bits per heavy atom. The lowest BCUT2D eigenvalue weighted by Gasteiger charge is -2.03. The van der Waals surface area contributed by atoms with Crippen LogP contribution in [0.2, 0.25) is 0 Å². The number of rotatable bonds is 1. The van der Waals surface area contributed by atoms with Gasteiger partial charge in [-0.25, -0.2) is 4.98 Å². The maximum Gasteiger partial charge on any atom is 0.137 e. The first kappa shape index (κ1) is 10.2. The first-order valence-corrected chi connectivity index (χ1v) is 6.06. The molecule has 0 radical (unpaired) electrons. The molecular weight excluding hydrogens is 236 g/mol. The number of pyridine rings is 1. The smallest absolute Gasteiger partial charge is 0.137 e. The fourth-order valence-corrected chi connectivity index (χ4v) is 2.40. The molecule has 0 saturated carbocycles. The number of benzene rings is 1. The van der Waals surface area contributed by atoms with Crippen molar-refractivity contribution in [2.24, 2.45) is 0 Å². The van der Waals surface area contributed by atoms with Crippen molar-refractivity contribution in [2.75, 3.05) is 0 Å². The Morgan fingerprint density at radius 2 is 1.79 bits per heavy atom. The van der Waals surface area contributed by atoms with Crippen LogP contribution in [-0.4, -0.2) is 20.2 Å². The van der Waals surface area contributed by atoms with Gasteiger partial charge in [0.15, 0.2) is 0 Å². The normalized spacial score (nSPS) is 11.2. The standard InChI is InChI=1S/C15H10N4/c1-2-6-14-10(4-1)13(9-18-19-14)12-8-17-15-11(12)5-3-7-16-15/h1-9H,(H,16,17). The van der Waals surface area contributed by atoms with Crippen molar-refractivity contribution in [2.45, 2.75) is 0 Å². The topological polar surface area (TPSA) is 54.5 Å². The Morgan fingerprint density at radius 3 is 2.79 bits per heavy atom. The van der Waals surface area contributed by atoms with Crippen LogP contribution in [0.15, 0.2) is 55.0 Å². The lowest BCUT2D eigenvalue weighted by Crippen LogP contribution is -1.87. The molecule has 4 aromatic rings. The lowest BCUT2D eigenvalue weighted by molar-refractivity contribution is 1.08. The molecule has 19 heavy (non-hydrogen) atoms. The summed E-state index contributed by atoms with van der Waals surface area (Å²) in [6.45, 7) is 0. The number of nitrogens with one attached hydrogen (secondary N) is 1. The molecule has 3 aromatic heterocycles. The van der Waals surface area contributed by atoms with Crippen molar-refractivity contribution in [3.63, 3.8) is 0 Å². The van der Waals surface area contributed by atoms with E-state index in [9.17, 15) is 0 Å². The van der Waals surface area contributed by atoms with Crippen LogP contribution in [0.25, 0.3) is 33.1 Å². The van der Waals surface area contributed by atoms with Crippen molar-refractivity contribution >= 4 is 21.9 Å². The highest BCUT2D eigenvalue weighted by molar-refractivity contribution is 6.02. The van der Waals surface area contributed by atoms with E-state index in [0.717, 1.165) is 33.1 Å². The van der Waals surface area contributed by atoms with Crippen LogP contribution in [0.1, 0.15) is 0 Å². The van der Waals surface area contributed by atoms with Crippen LogP contribution in [0.4, 0.5) is 0 Å². The molecule has 4 heteroatoms. The van der Waals surface area contributed by atoms with E-state index >= 15 is 0 Å². The summed E-state index contributed by atoms with van der Waals surface area (Å²) < 4.78 is 0. The predicted molar refractivity (Wildman–Crippen MR) is 74.6 cm³/mol. The number of fused-ring (bicyclic) bond motifs is 2. The third-order valence-corrected chi connectivity index (χ3v) is 3.29. The molecule has 4 nitrogen and oxygen atoms in total. The fourth-order valence-electron chi connectivity index (χ4n) is 2.40. The van der Waals surface area contributed by atoms with Crippen LogP contribution >= 0.6 is 0 Å². The summed E-state index contributed by atoms with van der Waals surface area (Å²) in [6, 6.07) is 12.0. The van der Waals surface area contributed by atoms with Gasteiger partial charge < -0.3 is 4.98 Å². The number of aromatic nitrogens is 4. The molecule has 0 amide bonds. The Balaban J connectivity index is 2.10. The zero-order valence-electron chi connectivity index (χ0n) is 10.0. The number of aromatic amines is 1. The minimum absolute atomic E-state index is 0.887. The van der Waals surface area contributed by atoms with Gasteiger partial charge in [-0.15, -0.1) is 0 Å². The van der Waals surface area contributed by atoms with Crippen LogP contribution < -0.4 is 0 Å². The molecule has 0 bridgehead atoms. The molecule has 3 heterocycles. The average molecular weight is 246 g/mol. The van der Waals surface area contributed by atoms with Crippen molar-refractivity contribution in [1.29, 1.82) is 0 Å². The summed E-state index contributed by atoms with van der Waals surface area (Å²) in [5.74, 6) is 0. The van der Waals surface area contributed by atoms with Crippen LogP contribution in [0.5, 0.6) is 0 Å². The quantitative estimate of drug-likeness (QED) is 0.561. The minimum Gasteiger partial charge on any atom is -0.346 e.